The number of hydrogen-bond acceptors (Lipinski definition) is 6. The van der Waals surface area contributed by atoms with Gasteiger partial charge in [-0.3, -0.25) is 16.0 Å². The molecule has 4 N–H and O–H groups in total. The van der Waals surface area contributed by atoms with Crippen molar-refractivity contribution in [2.75, 3.05) is 12.0 Å². The number of nitrogen functional groups attached to an aromatic ring is 1. The summed E-state index contributed by atoms with van der Waals surface area (Å²) >= 11 is 0. The highest BCUT2D eigenvalue weighted by Crippen LogP contribution is 2.31. The molecule has 0 bridgehead atoms. The Bertz CT molecular complexity index is 626. The third kappa shape index (κ3) is 3.49. The molecule has 9 heteroatoms. The molecule has 1 aliphatic rings. The molecule has 0 aliphatic heterocycles. The van der Waals surface area contributed by atoms with Gasteiger partial charge in [0.25, 0.3) is 0 Å². The van der Waals surface area contributed by atoms with E-state index in [-0.39, 0.29) is 10.6 Å². The SMILES string of the molecule is NNc1cccc(S(=O)(=O)NCC2CCCC2)c1[N+](=O)[O-]. The van der Waals surface area contributed by atoms with Crippen molar-refractivity contribution in [3.05, 3.63) is 28.3 Å². The van der Waals surface area contributed by atoms with Gasteiger partial charge in [-0.1, -0.05) is 18.9 Å². The summed E-state index contributed by atoms with van der Waals surface area (Å²) in [5.41, 5.74) is 1.57. The predicted octanol–water partition coefficient (Wildman–Crippen LogP) is 1.35. The summed E-state index contributed by atoms with van der Waals surface area (Å²) in [7, 11) is -3.94. The molecule has 0 aromatic heterocycles. The normalized spacial score (nSPS) is 16.0. The molecule has 0 unspecified atom stereocenters. The van der Waals surface area contributed by atoms with Crippen LogP contribution in [0, 0.1) is 16.0 Å². The Morgan fingerprint density at radius 3 is 2.57 bits per heavy atom. The molecule has 21 heavy (non-hydrogen) atoms. The van der Waals surface area contributed by atoms with E-state index in [4.69, 9.17) is 5.84 Å². The maximum Gasteiger partial charge on any atom is 0.313 e. The van der Waals surface area contributed by atoms with E-state index < -0.39 is 20.6 Å². The number of hydrogen-bond donors (Lipinski definition) is 3. The second-order valence-electron chi connectivity index (χ2n) is 5.06. The second kappa shape index (κ2) is 6.37. The van der Waals surface area contributed by atoms with Gasteiger partial charge in [0.15, 0.2) is 4.90 Å². The molecule has 8 nitrogen and oxygen atoms in total. The number of para-hydroxylation sites is 1. The van der Waals surface area contributed by atoms with Gasteiger partial charge in [-0.2, -0.15) is 0 Å². The Kier molecular flexibility index (Phi) is 4.76. The molecule has 0 amide bonds. The molecule has 1 aliphatic carbocycles. The van der Waals surface area contributed by atoms with Gasteiger partial charge in [0.1, 0.15) is 5.69 Å². The zero-order chi connectivity index (χ0) is 15.5. The van der Waals surface area contributed by atoms with E-state index in [0.29, 0.717) is 12.5 Å². The van der Waals surface area contributed by atoms with E-state index in [1.807, 2.05) is 0 Å². The molecule has 1 saturated carbocycles. The first-order valence-electron chi connectivity index (χ1n) is 6.69. The summed E-state index contributed by atoms with van der Waals surface area (Å²) < 4.78 is 27.1. The van der Waals surface area contributed by atoms with E-state index in [2.05, 4.69) is 10.1 Å². The van der Waals surface area contributed by atoms with Crippen molar-refractivity contribution in [2.24, 2.45) is 11.8 Å². The van der Waals surface area contributed by atoms with Crippen LogP contribution in [0.4, 0.5) is 11.4 Å². The number of nitrogens with zero attached hydrogens (tertiary/aromatic N) is 1. The maximum absolute atomic E-state index is 12.3. The van der Waals surface area contributed by atoms with Crippen molar-refractivity contribution in [2.45, 2.75) is 30.6 Å². The quantitative estimate of drug-likeness (QED) is 0.413. The fourth-order valence-electron chi connectivity index (χ4n) is 2.56. The predicted molar refractivity (Wildman–Crippen MR) is 78.1 cm³/mol. The molecule has 0 spiro atoms. The van der Waals surface area contributed by atoms with E-state index in [1.165, 1.54) is 18.2 Å². The minimum absolute atomic E-state index is 0.0382. The molecule has 0 radical (unpaired) electrons. The van der Waals surface area contributed by atoms with Crippen LogP contribution in [0.25, 0.3) is 0 Å². The van der Waals surface area contributed by atoms with E-state index >= 15 is 0 Å². The first-order valence-corrected chi connectivity index (χ1v) is 8.17. The topological polar surface area (TPSA) is 127 Å². The van der Waals surface area contributed by atoms with Crippen molar-refractivity contribution < 1.29 is 13.3 Å². The zero-order valence-electron chi connectivity index (χ0n) is 11.4. The summed E-state index contributed by atoms with van der Waals surface area (Å²) in [5, 5.41) is 11.1. The molecule has 1 fully saturated rings. The van der Waals surface area contributed by atoms with Crippen LogP contribution in [0.1, 0.15) is 25.7 Å². The molecule has 1 aromatic carbocycles. The van der Waals surface area contributed by atoms with Crippen molar-refractivity contribution >= 4 is 21.4 Å². The van der Waals surface area contributed by atoms with Crippen LogP contribution >= 0.6 is 0 Å². The Morgan fingerprint density at radius 2 is 2.00 bits per heavy atom. The minimum Gasteiger partial charge on any atom is -0.318 e. The van der Waals surface area contributed by atoms with E-state index in [9.17, 15) is 18.5 Å². The molecule has 116 valence electrons. The maximum atomic E-state index is 12.3. The Balaban J connectivity index is 2.28. The number of nitro benzene ring substituents is 1. The first-order chi connectivity index (χ1) is 9.95. The first kappa shape index (κ1) is 15.7. The van der Waals surface area contributed by atoms with Crippen molar-refractivity contribution in [3.8, 4) is 0 Å². The third-order valence-corrected chi connectivity index (χ3v) is 5.12. The van der Waals surface area contributed by atoms with E-state index in [1.54, 1.807) is 0 Å². The van der Waals surface area contributed by atoms with Gasteiger partial charge in [0.2, 0.25) is 10.0 Å². The number of rotatable bonds is 6. The highest BCUT2D eigenvalue weighted by molar-refractivity contribution is 7.89. The van der Waals surface area contributed by atoms with Gasteiger partial charge in [-0.05, 0) is 30.9 Å². The largest absolute Gasteiger partial charge is 0.318 e. The molecule has 1 aromatic rings. The van der Waals surface area contributed by atoms with Gasteiger partial charge >= 0.3 is 5.69 Å². The summed E-state index contributed by atoms with van der Waals surface area (Å²) in [6, 6.07) is 3.97. The van der Waals surface area contributed by atoms with E-state index in [0.717, 1.165) is 25.7 Å². The number of hydrazine groups is 1. The fourth-order valence-corrected chi connectivity index (χ4v) is 3.87. The van der Waals surface area contributed by atoms with Crippen LogP contribution in [-0.4, -0.2) is 19.9 Å². The summed E-state index contributed by atoms with van der Waals surface area (Å²) in [6.45, 7) is 0.305. The Labute approximate surface area is 122 Å². The fraction of sp³-hybridized carbons (Fsp3) is 0.500. The van der Waals surface area contributed by atoms with Crippen LogP contribution in [0.3, 0.4) is 0 Å². The van der Waals surface area contributed by atoms with Gasteiger partial charge in [0, 0.05) is 6.54 Å². The zero-order valence-corrected chi connectivity index (χ0v) is 12.2. The molecule has 0 heterocycles. The van der Waals surface area contributed by atoms with Crippen LogP contribution in [-0.2, 0) is 10.0 Å². The van der Waals surface area contributed by atoms with Crippen LogP contribution in [0.2, 0.25) is 0 Å². The number of nitrogens with two attached hydrogens (primary N) is 1. The molecular weight excluding hydrogens is 296 g/mol. The van der Waals surface area contributed by atoms with Crippen molar-refractivity contribution in [3.63, 3.8) is 0 Å². The molecular formula is C12H18N4O4S. The lowest BCUT2D eigenvalue weighted by Gasteiger charge is -2.12. The Hall–Kier alpha value is -1.71. The molecule has 2 rings (SSSR count). The smallest absolute Gasteiger partial charge is 0.313 e. The number of nitro groups is 1. The van der Waals surface area contributed by atoms with Gasteiger partial charge in [0.05, 0.1) is 4.92 Å². The van der Waals surface area contributed by atoms with Gasteiger partial charge < -0.3 is 5.43 Å². The number of sulfonamides is 1. The summed E-state index contributed by atoms with van der Waals surface area (Å²) in [6.07, 6.45) is 4.16. The van der Waals surface area contributed by atoms with Crippen LogP contribution in [0.15, 0.2) is 23.1 Å². The minimum atomic E-state index is -3.94. The summed E-state index contributed by atoms with van der Waals surface area (Å²) in [4.78, 5) is 10.0. The molecule has 0 saturated heterocycles. The molecule has 0 atom stereocenters. The average molecular weight is 314 g/mol. The van der Waals surface area contributed by atoms with Gasteiger partial charge in [-0.25, -0.2) is 13.1 Å². The standard InChI is InChI=1S/C12H18N4O4S/c13-15-10-6-3-7-11(12(10)16(17)18)21(19,20)14-8-9-4-1-2-5-9/h3,6-7,9,14-15H,1-2,4-5,8,13H2. The number of benzene rings is 1. The highest BCUT2D eigenvalue weighted by Gasteiger charge is 2.29. The second-order valence-corrected chi connectivity index (χ2v) is 6.79. The monoisotopic (exact) mass is 314 g/mol. The third-order valence-electron chi connectivity index (χ3n) is 3.66. The summed E-state index contributed by atoms with van der Waals surface area (Å²) in [5.74, 6) is 5.51. The lowest BCUT2D eigenvalue weighted by atomic mass is 10.1. The van der Waals surface area contributed by atoms with Gasteiger partial charge in [-0.15, -0.1) is 0 Å². The average Bonchev–Trinajstić information content (AvgIpc) is 2.97. The lowest BCUT2D eigenvalue weighted by molar-refractivity contribution is -0.386. The van der Waals surface area contributed by atoms with Crippen LogP contribution in [0.5, 0.6) is 0 Å². The van der Waals surface area contributed by atoms with Crippen molar-refractivity contribution in [1.82, 2.24) is 4.72 Å². The number of nitrogens with one attached hydrogen (secondary N) is 2. The lowest BCUT2D eigenvalue weighted by Crippen LogP contribution is -2.29. The Morgan fingerprint density at radius 1 is 1.33 bits per heavy atom. The van der Waals surface area contributed by atoms with Crippen LogP contribution < -0.4 is 16.0 Å². The number of anilines is 1. The van der Waals surface area contributed by atoms with Crippen molar-refractivity contribution in [1.29, 1.82) is 0 Å². The highest BCUT2D eigenvalue weighted by atomic mass is 32.2.